The maximum atomic E-state index is 6.49. The molecule has 3 rings (SSSR count). The highest BCUT2D eigenvalue weighted by atomic mass is 15.1. The number of rotatable bonds is 4. The number of piperidine rings is 1. The van der Waals surface area contributed by atoms with Gasteiger partial charge in [-0.05, 0) is 43.2 Å². The summed E-state index contributed by atoms with van der Waals surface area (Å²) in [6.07, 6.45) is 9.39. The first-order valence-electron chi connectivity index (χ1n) is 7.94. The Labute approximate surface area is 117 Å². The Hall–Kier alpha value is -1.02. The first-order valence-corrected chi connectivity index (χ1v) is 7.94. The molecule has 0 unspecified atom stereocenters. The average molecular weight is 258 g/mol. The third-order valence-corrected chi connectivity index (χ3v) is 4.84. The van der Waals surface area contributed by atoms with Gasteiger partial charge in [0.25, 0.3) is 0 Å². The van der Waals surface area contributed by atoms with Crippen LogP contribution in [0.1, 0.15) is 56.6 Å². The second kappa shape index (κ2) is 5.96. The molecule has 1 heterocycles. The summed E-state index contributed by atoms with van der Waals surface area (Å²) >= 11 is 0. The predicted octanol–water partition coefficient (Wildman–Crippen LogP) is 3.87. The highest BCUT2D eigenvalue weighted by molar-refractivity contribution is 5.55. The fourth-order valence-electron chi connectivity index (χ4n) is 3.44. The largest absolute Gasteiger partial charge is 0.371 e. The summed E-state index contributed by atoms with van der Waals surface area (Å²) in [7, 11) is 0. The quantitative estimate of drug-likeness (QED) is 0.888. The van der Waals surface area contributed by atoms with Crippen LogP contribution in [0.5, 0.6) is 0 Å². The summed E-state index contributed by atoms with van der Waals surface area (Å²) in [6, 6.07) is 9.03. The van der Waals surface area contributed by atoms with E-state index in [4.69, 9.17) is 5.73 Å². The van der Waals surface area contributed by atoms with Gasteiger partial charge < -0.3 is 10.6 Å². The molecule has 1 aromatic carbocycles. The van der Waals surface area contributed by atoms with E-state index in [1.54, 1.807) is 0 Å². The van der Waals surface area contributed by atoms with E-state index < -0.39 is 0 Å². The van der Waals surface area contributed by atoms with Gasteiger partial charge in [-0.25, -0.2) is 0 Å². The minimum Gasteiger partial charge on any atom is -0.371 e. The van der Waals surface area contributed by atoms with Crippen LogP contribution in [0, 0.1) is 5.92 Å². The number of para-hydroxylation sites is 1. The zero-order valence-corrected chi connectivity index (χ0v) is 11.9. The normalized spacial score (nSPS) is 22.1. The molecule has 0 aromatic heterocycles. The second-order valence-electron chi connectivity index (χ2n) is 6.25. The Morgan fingerprint density at radius 2 is 1.79 bits per heavy atom. The molecule has 2 heteroatoms. The van der Waals surface area contributed by atoms with Crippen LogP contribution in [0.3, 0.4) is 0 Å². The lowest BCUT2D eigenvalue weighted by Crippen LogP contribution is -2.31. The number of benzene rings is 1. The molecular formula is C17H26N2. The maximum Gasteiger partial charge on any atom is 0.0414 e. The molecule has 0 radical (unpaired) electrons. The van der Waals surface area contributed by atoms with Gasteiger partial charge in [0.2, 0.25) is 0 Å². The molecule has 1 atom stereocenters. The minimum atomic E-state index is 0.225. The van der Waals surface area contributed by atoms with Crippen LogP contribution in [0.15, 0.2) is 24.3 Å². The molecule has 1 saturated carbocycles. The van der Waals surface area contributed by atoms with Gasteiger partial charge in [0.05, 0.1) is 0 Å². The molecule has 2 N–H and O–H groups in total. The molecule has 1 aliphatic carbocycles. The van der Waals surface area contributed by atoms with E-state index in [1.165, 1.54) is 69.3 Å². The van der Waals surface area contributed by atoms with Crippen LogP contribution >= 0.6 is 0 Å². The van der Waals surface area contributed by atoms with Crippen LogP contribution in [0.2, 0.25) is 0 Å². The van der Waals surface area contributed by atoms with Crippen molar-refractivity contribution in [2.45, 2.75) is 51.0 Å². The van der Waals surface area contributed by atoms with Crippen LogP contribution in [-0.4, -0.2) is 13.1 Å². The zero-order chi connectivity index (χ0) is 13.1. The first-order chi connectivity index (χ1) is 9.34. The number of nitrogens with two attached hydrogens (primary N) is 1. The SMILES string of the molecule is N[C@H](CC1CCC1)c1ccccc1N1CCCCC1. The van der Waals surface area contributed by atoms with E-state index in [2.05, 4.69) is 29.2 Å². The third kappa shape index (κ3) is 2.94. The van der Waals surface area contributed by atoms with Crippen LogP contribution in [-0.2, 0) is 0 Å². The van der Waals surface area contributed by atoms with Crippen LogP contribution < -0.4 is 10.6 Å². The smallest absolute Gasteiger partial charge is 0.0414 e. The average Bonchev–Trinajstić information content (AvgIpc) is 2.43. The van der Waals surface area contributed by atoms with Crippen molar-refractivity contribution in [3.05, 3.63) is 29.8 Å². The Balaban J connectivity index is 1.75. The summed E-state index contributed by atoms with van der Waals surface area (Å²) in [4.78, 5) is 2.54. The van der Waals surface area contributed by atoms with Gasteiger partial charge in [0.15, 0.2) is 0 Å². The maximum absolute atomic E-state index is 6.49. The molecule has 0 amide bonds. The summed E-state index contributed by atoms with van der Waals surface area (Å²) in [5, 5.41) is 0. The highest BCUT2D eigenvalue weighted by Crippen LogP contribution is 2.36. The fourth-order valence-corrected chi connectivity index (χ4v) is 3.44. The van der Waals surface area contributed by atoms with E-state index in [1.807, 2.05) is 0 Å². The van der Waals surface area contributed by atoms with Crippen molar-refractivity contribution in [1.82, 2.24) is 0 Å². The number of anilines is 1. The Morgan fingerprint density at radius 1 is 1.05 bits per heavy atom. The minimum absolute atomic E-state index is 0.225. The molecule has 1 aromatic rings. The topological polar surface area (TPSA) is 29.3 Å². The lowest BCUT2D eigenvalue weighted by Gasteiger charge is -2.33. The van der Waals surface area contributed by atoms with Crippen molar-refractivity contribution in [3.8, 4) is 0 Å². The zero-order valence-electron chi connectivity index (χ0n) is 11.9. The second-order valence-corrected chi connectivity index (χ2v) is 6.25. The third-order valence-electron chi connectivity index (χ3n) is 4.84. The van der Waals surface area contributed by atoms with Gasteiger partial charge >= 0.3 is 0 Å². The molecule has 104 valence electrons. The molecule has 1 aliphatic heterocycles. The van der Waals surface area contributed by atoms with Gasteiger partial charge in [-0.2, -0.15) is 0 Å². The predicted molar refractivity (Wildman–Crippen MR) is 81.4 cm³/mol. The van der Waals surface area contributed by atoms with Crippen molar-refractivity contribution in [2.75, 3.05) is 18.0 Å². The van der Waals surface area contributed by atoms with Crippen molar-refractivity contribution in [1.29, 1.82) is 0 Å². The lowest BCUT2D eigenvalue weighted by molar-refractivity contribution is 0.277. The van der Waals surface area contributed by atoms with Crippen LogP contribution in [0.4, 0.5) is 5.69 Å². The molecule has 1 saturated heterocycles. The van der Waals surface area contributed by atoms with E-state index in [0.29, 0.717) is 0 Å². The van der Waals surface area contributed by atoms with E-state index in [9.17, 15) is 0 Å². The number of hydrogen-bond acceptors (Lipinski definition) is 2. The van der Waals surface area contributed by atoms with E-state index >= 15 is 0 Å². The summed E-state index contributed by atoms with van der Waals surface area (Å²) in [5.41, 5.74) is 9.26. The van der Waals surface area contributed by atoms with Crippen molar-refractivity contribution < 1.29 is 0 Å². The van der Waals surface area contributed by atoms with Crippen LogP contribution in [0.25, 0.3) is 0 Å². The Morgan fingerprint density at radius 3 is 2.47 bits per heavy atom. The summed E-state index contributed by atoms with van der Waals surface area (Å²) < 4.78 is 0. The van der Waals surface area contributed by atoms with Gasteiger partial charge in [-0.1, -0.05) is 37.5 Å². The van der Waals surface area contributed by atoms with Gasteiger partial charge in [-0.3, -0.25) is 0 Å². The Kier molecular flexibility index (Phi) is 4.07. The number of nitrogens with zero attached hydrogens (tertiary/aromatic N) is 1. The summed E-state index contributed by atoms with van der Waals surface area (Å²) in [6.45, 7) is 2.40. The molecule has 2 aliphatic rings. The molecule has 0 spiro atoms. The monoisotopic (exact) mass is 258 g/mol. The van der Waals surface area contributed by atoms with Gasteiger partial charge in [-0.15, -0.1) is 0 Å². The fraction of sp³-hybridized carbons (Fsp3) is 0.647. The van der Waals surface area contributed by atoms with E-state index in [-0.39, 0.29) is 6.04 Å². The molecule has 2 fully saturated rings. The molecule has 2 nitrogen and oxygen atoms in total. The molecule has 19 heavy (non-hydrogen) atoms. The standard InChI is InChI=1S/C17H26N2/c18-16(13-14-7-6-8-14)15-9-2-3-10-17(15)19-11-4-1-5-12-19/h2-3,9-10,14,16H,1,4-8,11-13,18H2/t16-/m1/s1. The van der Waals surface area contributed by atoms with Crippen molar-refractivity contribution in [2.24, 2.45) is 11.7 Å². The first kappa shape index (κ1) is 13.0. The van der Waals surface area contributed by atoms with Crippen molar-refractivity contribution >= 4 is 5.69 Å². The molecule has 0 bridgehead atoms. The highest BCUT2D eigenvalue weighted by Gasteiger charge is 2.23. The van der Waals surface area contributed by atoms with E-state index in [0.717, 1.165) is 5.92 Å². The Bertz CT molecular complexity index is 405. The number of hydrogen-bond donors (Lipinski definition) is 1. The van der Waals surface area contributed by atoms with Gasteiger partial charge in [0.1, 0.15) is 0 Å². The summed E-state index contributed by atoms with van der Waals surface area (Å²) in [5.74, 6) is 0.879. The lowest BCUT2D eigenvalue weighted by atomic mass is 9.79. The molecular weight excluding hydrogens is 232 g/mol. The van der Waals surface area contributed by atoms with Gasteiger partial charge in [0, 0.05) is 24.8 Å². The van der Waals surface area contributed by atoms with Crippen molar-refractivity contribution in [3.63, 3.8) is 0 Å².